The Morgan fingerprint density at radius 2 is 1.59 bits per heavy atom. The summed E-state index contributed by atoms with van der Waals surface area (Å²) in [6.45, 7) is -0.457. The summed E-state index contributed by atoms with van der Waals surface area (Å²) >= 11 is 0. The molecule has 1 N–H and O–H groups in total. The number of hydrogen-bond donors (Lipinski definition) is 1. The molecule has 8 heteroatoms. The van der Waals surface area contributed by atoms with E-state index in [9.17, 15) is 17.6 Å². The minimum Gasteiger partial charge on any atom is -0.497 e. The van der Waals surface area contributed by atoms with Crippen molar-refractivity contribution < 1.29 is 22.3 Å². The van der Waals surface area contributed by atoms with Crippen molar-refractivity contribution in [1.82, 2.24) is 0 Å². The van der Waals surface area contributed by atoms with E-state index in [-0.39, 0.29) is 4.90 Å². The largest absolute Gasteiger partial charge is 0.497 e. The topological polar surface area (TPSA) is 75.7 Å². The van der Waals surface area contributed by atoms with Gasteiger partial charge in [0.05, 0.1) is 17.7 Å². The summed E-state index contributed by atoms with van der Waals surface area (Å²) in [4.78, 5) is 12.6. The van der Waals surface area contributed by atoms with Crippen LogP contribution in [-0.4, -0.2) is 28.0 Å². The first-order valence-electron chi connectivity index (χ1n) is 8.67. The molecule has 0 spiro atoms. The zero-order valence-corrected chi connectivity index (χ0v) is 16.4. The summed E-state index contributed by atoms with van der Waals surface area (Å²) in [6.07, 6.45) is 0. The quantitative estimate of drug-likeness (QED) is 0.640. The molecule has 0 aliphatic heterocycles. The van der Waals surface area contributed by atoms with Gasteiger partial charge in [0, 0.05) is 5.69 Å². The lowest BCUT2D eigenvalue weighted by Crippen LogP contribution is -2.38. The number of carbonyl (C=O) groups excluding carboxylic acids is 1. The van der Waals surface area contributed by atoms with Crippen molar-refractivity contribution in [3.8, 4) is 5.75 Å². The number of rotatable bonds is 7. The molecule has 3 aromatic rings. The van der Waals surface area contributed by atoms with Crippen LogP contribution < -0.4 is 14.4 Å². The Hall–Kier alpha value is -3.39. The van der Waals surface area contributed by atoms with Crippen LogP contribution in [0, 0.1) is 5.82 Å². The molecule has 0 bridgehead atoms. The van der Waals surface area contributed by atoms with E-state index in [0.717, 1.165) is 4.31 Å². The predicted molar refractivity (Wildman–Crippen MR) is 109 cm³/mol. The summed E-state index contributed by atoms with van der Waals surface area (Å²) in [5.74, 6) is -0.442. The molecule has 29 heavy (non-hydrogen) atoms. The number of nitrogens with one attached hydrogen (secondary N) is 1. The van der Waals surface area contributed by atoms with Crippen molar-refractivity contribution in [2.45, 2.75) is 4.90 Å². The maximum absolute atomic E-state index is 13.2. The molecule has 0 radical (unpaired) electrons. The number of anilines is 2. The standard InChI is InChI=1S/C21H19FN2O4S/c1-28-19-13-11-18(12-14-19)24(29(26,27)20-5-3-2-4-6-20)15-21(25)23-17-9-7-16(22)8-10-17/h2-14H,15H2,1H3,(H,23,25). The number of ether oxygens (including phenoxy) is 1. The van der Waals surface area contributed by atoms with Gasteiger partial charge in [0.1, 0.15) is 18.1 Å². The molecule has 1 amide bonds. The molecule has 0 aromatic heterocycles. The van der Waals surface area contributed by atoms with Crippen molar-refractivity contribution in [2.24, 2.45) is 0 Å². The maximum atomic E-state index is 13.2. The van der Waals surface area contributed by atoms with Gasteiger partial charge >= 0.3 is 0 Å². The van der Waals surface area contributed by atoms with Gasteiger partial charge in [0.25, 0.3) is 10.0 Å². The number of amides is 1. The fourth-order valence-corrected chi connectivity index (χ4v) is 4.09. The maximum Gasteiger partial charge on any atom is 0.264 e. The number of carbonyl (C=O) groups is 1. The first-order valence-corrected chi connectivity index (χ1v) is 10.1. The fraction of sp³-hybridized carbons (Fsp3) is 0.0952. The molecule has 6 nitrogen and oxygen atoms in total. The van der Waals surface area contributed by atoms with E-state index in [4.69, 9.17) is 4.74 Å². The van der Waals surface area contributed by atoms with E-state index in [0.29, 0.717) is 17.1 Å². The molecular formula is C21H19FN2O4S. The minimum absolute atomic E-state index is 0.0606. The number of halogens is 1. The van der Waals surface area contributed by atoms with E-state index in [1.807, 2.05) is 0 Å². The Morgan fingerprint density at radius 1 is 0.966 bits per heavy atom. The summed E-state index contributed by atoms with van der Waals surface area (Å²) < 4.78 is 45.5. The molecule has 0 aliphatic carbocycles. The van der Waals surface area contributed by atoms with E-state index >= 15 is 0 Å². The highest BCUT2D eigenvalue weighted by Crippen LogP contribution is 2.25. The minimum atomic E-state index is -4.00. The second-order valence-electron chi connectivity index (χ2n) is 6.08. The van der Waals surface area contributed by atoms with Crippen LogP contribution in [0.2, 0.25) is 0 Å². The first-order chi connectivity index (χ1) is 13.9. The van der Waals surface area contributed by atoms with Gasteiger partial charge in [-0.3, -0.25) is 9.10 Å². The summed E-state index contributed by atoms with van der Waals surface area (Å²) in [5.41, 5.74) is 0.673. The van der Waals surface area contributed by atoms with Crippen LogP contribution >= 0.6 is 0 Å². The Kier molecular flexibility index (Phi) is 6.13. The molecule has 0 aliphatic rings. The highest BCUT2D eigenvalue weighted by atomic mass is 32.2. The van der Waals surface area contributed by atoms with Crippen LogP contribution in [0.15, 0.2) is 83.8 Å². The summed E-state index contributed by atoms with van der Waals surface area (Å²) in [7, 11) is -2.49. The van der Waals surface area contributed by atoms with Gasteiger partial charge in [-0.2, -0.15) is 0 Å². The van der Waals surface area contributed by atoms with Crippen LogP contribution in [0.3, 0.4) is 0 Å². The van der Waals surface area contributed by atoms with Crippen LogP contribution in [0.25, 0.3) is 0 Å². The first kappa shape index (κ1) is 20.3. The molecule has 3 rings (SSSR count). The molecule has 0 fully saturated rings. The van der Waals surface area contributed by atoms with Gasteiger partial charge in [0.2, 0.25) is 5.91 Å². The Morgan fingerprint density at radius 3 is 2.17 bits per heavy atom. The molecule has 3 aromatic carbocycles. The van der Waals surface area contributed by atoms with E-state index < -0.39 is 28.3 Å². The van der Waals surface area contributed by atoms with Crippen molar-refractivity contribution >= 4 is 27.3 Å². The highest BCUT2D eigenvalue weighted by Gasteiger charge is 2.27. The summed E-state index contributed by atoms with van der Waals surface area (Å²) in [5, 5.41) is 2.58. The molecule has 0 atom stereocenters. The molecule has 0 unspecified atom stereocenters. The Labute approximate surface area is 168 Å². The smallest absolute Gasteiger partial charge is 0.264 e. The van der Waals surface area contributed by atoms with Crippen LogP contribution in [0.4, 0.5) is 15.8 Å². The van der Waals surface area contributed by atoms with Crippen LogP contribution in [0.1, 0.15) is 0 Å². The van der Waals surface area contributed by atoms with Gasteiger partial charge < -0.3 is 10.1 Å². The fourth-order valence-electron chi connectivity index (χ4n) is 2.65. The Balaban J connectivity index is 1.91. The summed E-state index contributed by atoms with van der Waals surface area (Å²) in [6, 6.07) is 19.4. The van der Waals surface area contributed by atoms with Gasteiger partial charge in [-0.1, -0.05) is 18.2 Å². The lowest BCUT2D eigenvalue weighted by molar-refractivity contribution is -0.114. The van der Waals surface area contributed by atoms with Crippen molar-refractivity contribution in [2.75, 3.05) is 23.3 Å². The third kappa shape index (κ3) is 4.91. The van der Waals surface area contributed by atoms with E-state index in [1.54, 1.807) is 42.5 Å². The number of methoxy groups -OCH3 is 1. The molecule has 150 valence electrons. The monoisotopic (exact) mass is 414 g/mol. The SMILES string of the molecule is COc1ccc(N(CC(=O)Nc2ccc(F)cc2)S(=O)(=O)c2ccccc2)cc1. The van der Waals surface area contributed by atoms with Crippen LogP contribution in [0.5, 0.6) is 5.75 Å². The number of benzene rings is 3. The number of nitrogens with zero attached hydrogens (tertiary/aromatic N) is 1. The number of sulfonamides is 1. The van der Waals surface area contributed by atoms with Crippen molar-refractivity contribution in [3.05, 3.63) is 84.7 Å². The van der Waals surface area contributed by atoms with Gasteiger partial charge in [0.15, 0.2) is 0 Å². The van der Waals surface area contributed by atoms with E-state index in [1.165, 1.54) is 43.5 Å². The lowest BCUT2D eigenvalue weighted by atomic mass is 10.3. The molecular weight excluding hydrogens is 395 g/mol. The Bertz CT molecular complexity index is 1070. The van der Waals surface area contributed by atoms with Crippen molar-refractivity contribution in [3.63, 3.8) is 0 Å². The van der Waals surface area contributed by atoms with E-state index in [2.05, 4.69) is 5.32 Å². The lowest BCUT2D eigenvalue weighted by Gasteiger charge is -2.24. The normalized spacial score (nSPS) is 11.0. The third-order valence-corrected chi connectivity index (χ3v) is 5.89. The van der Waals surface area contributed by atoms with Gasteiger partial charge in [-0.05, 0) is 60.7 Å². The zero-order valence-electron chi connectivity index (χ0n) is 15.6. The predicted octanol–water partition coefficient (Wildman–Crippen LogP) is 3.67. The molecule has 0 heterocycles. The van der Waals surface area contributed by atoms with Gasteiger partial charge in [-0.15, -0.1) is 0 Å². The molecule has 0 saturated heterocycles. The van der Waals surface area contributed by atoms with Crippen LogP contribution in [-0.2, 0) is 14.8 Å². The second kappa shape index (κ2) is 8.74. The highest BCUT2D eigenvalue weighted by molar-refractivity contribution is 7.92. The average molecular weight is 414 g/mol. The second-order valence-corrected chi connectivity index (χ2v) is 7.94. The molecule has 0 saturated carbocycles. The third-order valence-electron chi connectivity index (χ3n) is 4.11. The zero-order chi connectivity index (χ0) is 20.9. The number of hydrogen-bond acceptors (Lipinski definition) is 4. The van der Waals surface area contributed by atoms with Gasteiger partial charge in [-0.25, -0.2) is 12.8 Å². The average Bonchev–Trinajstić information content (AvgIpc) is 2.74. The van der Waals surface area contributed by atoms with Crippen molar-refractivity contribution in [1.29, 1.82) is 0 Å².